The fourth-order valence-electron chi connectivity index (χ4n) is 3.53. The van der Waals surface area contributed by atoms with Gasteiger partial charge in [0, 0.05) is 17.3 Å². The zero-order chi connectivity index (χ0) is 22.9. The molecule has 32 heavy (non-hydrogen) atoms. The first-order valence-corrected chi connectivity index (χ1v) is 11.5. The van der Waals surface area contributed by atoms with Crippen LogP contribution in [0.4, 0.5) is 5.69 Å². The average molecular weight is 447 g/mol. The number of anilines is 1. The first-order chi connectivity index (χ1) is 15.3. The molecular weight excluding hydrogens is 424 g/mol. The van der Waals surface area contributed by atoms with Crippen molar-refractivity contribution in [3.05, 3.63) is 100 Å². The molecule has 1 aromatic heterocycles. The summed E-state index contributed by atoms with van der Waals surface area (Å²) in [5, 5.41) is 3.03. The zero-order valence-electron chi connectivity index (χ0n) is 17.7. The van der Waals surface area contributed by atoms with E-state index in [0.717, 1.165) is 11.1 Å². The Morgan fingerprint density at radius 3 is 2.31 bits per heavy atom. The second-order valence-corrected chi connectivity index (χ2v) is 9.55. The van der Waals surface area contributed by atoms with Crippen LogP contribution < -0.4 is 10.7 Å². The van der Waals surface area contributed by atoms with Gasteiger partial charge in [-0.2, -0.15) is 0 Å². The van der Waals surface area contributed by atoms with Crippen LogP contribution in [0.3, 0.4) is 0 Å². The highest BCUT2D eigenvalue weighted by Crippen LogP contribution is 2.23. The number of benzene rings is 3. The minimum absolute atomic E-state index is 0.0493. The molecule has 0 atom stereocenters. The number of nitrogens with one attached hydrogen (secondary N) is 1. The Hall–Kier alpha value is -3.71. The number of nitrogens with zero attached hydrogens (tertiary/aromatic N) is 1. The maximum atomic E-state index is 13.4. The van der Waals surface area contributed by atoms with E-state index in [1.165, 1.54) is 16.8 Å². The summed E-state index contributed by atoms with van der Waals surface area (Å²) in [5.41, 5.74) is 2.30. The van der Waals surface area contributed by atoms with Crippen LogP contribution >= 0.6 is 0 Å². The predicted octanol–water partition coefficient (Wildman–Crippen LogP) is 4.09. The van der Waals surface area contributed by atoms with Gasteiger partial charge in [0.2, 0.25) is 21.2 Å². The Morgan fingerprint density at radius 2 is 1.59 bits per heavy atom. The van der Waals surface area contributed by atoms with Crippen LogP contribution in [-0.2, 0) is 21.2 Å². The molecule has 3 aromatic carbocycles. The monoisotopic (exact) mass is 446 g/mol. The molecule has 0 radical (unpaired) electrons. The molecule has 1 N–H and O–H groups in total. The van der Waals surface area contributed by atoms with Gasteiger partial charge < -0.3 is 9.88 Å². The van der Waals surface area contributed by atoms with Gasteiger partial charge in [-0.05, 0) is 61.4 Å². The molecule has 4 aromatic rings. The normalized spacial score (nSPS) is 11.4. The van der Waals surface area contributed by atoms with Crippen molar-refractivity contribution in [1.82, 2.24) is 4.57 Å². The summed E-state index contributed by atoms with van der Waals surface area (Å²) in [6.45, 7) is 3.56. The molecule has 162 valence electrons. The number of carbonyl (C=O) groups excluding carboxylic acids is 1. The number of rotatable bonds is 5. The number of para-hydroxylation sites is 2. The Morgan fingerprint density at radius 1 is 0.906 bits per heavy atom. The van der Waals surface area contributed by atoms with E-state index in [1.807, 2.05) is 19.9 Å². The summed E-state index contributed by atoms with van der Waals surface area (Å²) in [7, 11) is -4.08. The van der Waals surface area contributed by atoms with Gasteiger partial charge in [-0.15, -0.1) is 0 Å². The Labute approximate surface area is 186 Å². The summed E-state index contributed by atoms with van der Waals surface area (Å²) >= 11 is 0. The molecule has 4 rings (SSSR count). The molecular formula is C25H22N2O4S. The number of aromatic nitrogens is 1. The fourth-order valence-corrected chi connectivity index (χ4v) is 4.98. The van der Waals surface area contributed by atoms with Crippen molar-refractivity contribution in [2.24, 2.45) is 0 Å². The lowest BCUT2D eigenvalue weighted by molar-refractivity contribution is -0.116. The van der Waals surface area contributed by atoms with Gasteiger partial charge in [0.25, 0.3) is 0 Å². The molecule has 0 aliphatic carbocycles. The molecule has 6 nitrogen and oxygen atoms in total. The van der Waals surface area contributed by atoms with Crippen LogP contribution in [0.2, 0.25) is 0 Å². The average Bonchev–Trinajstić information content (AvgIpc) is 2.78. The van der Waals surface area contributed by atoms with E-state index in [9.17, 15) is 18.0 Å². The SMILES string of the molecule is Cc1ccc(S(=O)(=O)c2cn(CC(=O)Nc3ccccc3)c3ccccc3c2=O)cc1C. The summed E-state index contributed by atoms with van der Waals surface area (Å²) < 4.78 is 28.3. The summed E-state index contributed by atoms with van der Waals surface area (Å²) in [5.74, 6) is -0.334. The lowest BCUT2D eigenvalue weighted by atomic mass is 10.1. The highest BCUT2D eigenvalue weighted by Gasteiger charge is 2.24. The molecule has 0 spiro atoms. The second kappa shape index (κ2) is 8.43. The fraction of sp³-hybridized carbons (Fsp3) is 0.120. The minimum Gasteiger partial charge on any atom is -0.336 e. The summed E-state index contributed by atoms with van der Waals surface area (Å²) in [6, 6.07) is 20.4. The maximum Gasteiger partial charge on any atom is 0.244 e. The minimum atomic E-state index is -4.08. The van der Waals surface area contributed by atoms with Crippen LogP contribution in [0.1, 0.15) is 11.1 Å². The molecule has 7 heteroatoms. The molecule has 0 saturated heterocycles. The molecule has 1 amide bonds. The topological polar surface area (TPSA) is 85.2 Å². The summed E-state index contributed by atoms with van der Waals surface area (Å²) in [4.78, 5) is 25.5. The number of amides is 1. The van der Waals surface area contributed by atoms with Crippen molar-refractivity contribution >= 4 is 32.3 Å². The third-order valence-corrected chi connectivity index (χ3v) is 7.15. The number of hydrogen-bond acceptors (Lipinski definition) is 4. The van der Waals surface area contributed by atoms with E-state index in [2.05, 4.69) is 5.32 Å². The Bertz CT molecular complexity index is 1490. The molecule has 0 aliphatic heterocycles. The van der Waals surface area contributed by atoms with Crippen LogP contribution in [0.5, 0.6) is 0 Å². The molecule has 0 fully saturated rings. The smallest absolute Gasteiger partial charge is 0.244 e. The predicted molar refractivity (Wildman–Crippen MR) is 125 cm³/mol. The lowest BCUT2D eigenvalue weighted by Crippen LogP contribution is -2.24. The van der Waals surface area contributed by atoms with Gasteiger partial charge in [-0.3, -0.25) is 9.59 Å². The van der Waals surface area contributed by atoms with Gasteiger partial charge in [-0.25, -0.2) is 8.42 Å². The van der Waals surface area contributed by atoms with Crippen LogP contribution in [0.25, 0.3) is 10.9 Å². The van der Waals surface area contributed by atoms with Crippen LogP contribution in [-0.4, -0.2) is 18.9 Å². The summed E-state index contributed by atoms with van der Waals surface area (Å²) in [6.07, 6.45) is 1.26. The number of pyridine rings is 1. The van der Waals surface area contributed by atoms with Crippen LogP contribution in [0.15, 0.2) is 93.6 Å². The number of hydrogen-bond donors (Lipinski definition) is 1. The van der Waals surface area contributed by atoms with Gasteiger partial charge in [0.15, 0.2) is 0 Å². The van der Waals surface area contributed by atoms with Crippen molar-refractivity contribution in [2.45, 2.75) is 30.2 Å². The van der Waals surface area contributed by atoms with Crippen LogP contribution in [0, 0.1) is 13.8 Å². The molecule has 0 unspecified atom stereocenters. The third-order valence-electron chi connectivity index (χ3n) is 5.40. The highest BCUT2D eigenvalue weighted by molar-refractivity contribution is 7.91. The quantitative estimate of drug-likeness (QED) is 0.500. The molecule has 0 bridgehead atoms. The number of fused-ring (bicyclic) bond motifs is 1. The first-order valence-electron chi connectivity index (χ1n) is 10.1. The van der Waals surface area contributed by atoms with E-state index in [1.54, 1.807) is 60.7 Å². The van der Waals surface area contributed by atoms with Gasteiger partial charge in [0.1, 0.15) is 11.4 Å². The van der Waals surface area contributed by atoms with Gasteiger partial charge >= 0.3 is 0 Å². The van der Waals surface area contributed by atoms with Gasteiger partial charge in [-0.1, -0.05) is 36.4 Å². The van der Waals surface area contributed by atoms with Gasteiger partial charge in [0.05, 0.1) is 10.4 Å². The van der Waals surface area contributed by atoms with E-state index in [-0.39, 0.29) is 27.6 Å². The maximum absolute atomic E-state index is 13.4. The lowest BCUT2D eigenvalue weighted by Gasteiger charge is -2.14. The number of aryl methyl sites for hydroxylation is 2. The molecule has 1 heterocycles. The van der Waals surface area contributed by atoms with Crippen molar-refractivity contribution in [1.29, 1.82) is 0 Å². The van der Waals surface area contributed by atoms with Crippen molar-refractivity contribution in [3.8, 4) is 0 Å². The van der Waals surface area contributed by atoms with Crippen molar-refractivity contribution < 1.29 is 13.2 Å². The van der Waals surface area contributed by atoms with Crippen molar-refractivity contribution in [2.75, 3.05) is 5.32 Å². The second-order valence-electron chi connectivity index (χ2n) is 7.63. The van der Waals surface area contributed by atoms with E-state index < -0.39 is 15.3 Å². The van der Waals surface area contributed by atoms with E-state index in [4.69, 9.17) is 0 Å². The van der Waals surface area contributed by atoms with Crippen molar-refractivity contribution in [3.63, 3.8) is 0 Å². The van der Waals surface area contributed by atoms with E-state index in [0.29, 0.717) is 11.2 Å². The largest absolute Gasteiger partial charge is 0.336 e. The number of carbonyl (C=O) groups is 1. The molecule has 0 saturated carbocycles. The Balaban J connectivity index is 1.82. The zero-order valence-corrected chi connectivity index (χ0v) is 18.5. The number of sulfone groups is 1. The van der Waals surface area contributed by atoms with E-state index >= 15 is 0 Å². The molecule has 0 aliphatic rings. The standard InChI is InChI=1S/C25H22N2O4S/c1-17-12-13-20(14-18(17)2)32(30,31)23-15-27(22-11-7-6-10-21(22)25(23)29)16-24(28)26-19-8-4-3-5-9-19/h3-15H,16H2,1-2H3,(H,26,28). The third kappa shape index (κ3) is 4.07. The highest BCUT2D eigenvalue weighted by atomic mass is 32.2. The Kier molecular flexibility index (Phi) is 5.67. The first kappa shape index (κ1) is 21.5.